The van der Waals surface area contributed by atoms with Crippen molar-refractivity contribution in [3.05, 3.63) is 35.4 Å². The molecule has 3 rings (SSSR count). The number of hydrogen-bond acceptors (Lipinski definition) is 2. The van der Waals surface area contributed by atoms with E-state index in [1.807, 2.05) is 12.1 Å². The maximum Gasteiger partial charge on any atom is 0.237 e. The summed E-state index contributed by atoms with van der Waals surface area (Å²) in [6.45, 7) is 0. The Labute approximate surface area is 94.1 Å². The molecule has 1 aromatic carbocycles. The molecule has 0 bridgehead atoms. The second kappa shape index (κ2) is 3.34. The Morgan fingerprint density at radius 3 is 3.06 bits per heavy atom. The molecule has 1 fully saturated rings. The van der Waals surface area contributed by atoms with Crippen molar-refractivity contribution in [3.63, 3.8) is 0 Å². The molecule has 0 aliphatic heterocycles. The third kappa shape index (κ3) is 1.23. The van der Waals surface area contributed by atoms with Crippen LogP contribution in [0.5, 0.6) is 0 Å². The van der Waals surface area contributed by atoms with Gasteiger partial charge in [-0.2, -0.15) is 5.26 Å². The number of nitrogens with zero attached hydrogens (tertiary/aromatic N) is 1. The summed E-state index contributed by atoms with van der Waals surface area (Å²) < 4.78 is 0. The van der Waals surface area contributed by atoms with Gasteiger partial charge in [0.15, 0.2) is 6.19 Å². The molecule has 2 aliphatic rings. The van der Waals surface area contributed by atoms with Crippen LogP contribution in [0.15, 0.2) is 24.3 Å². The van der Waals surface area contributed by atoms with E-state index in [2.05, 4.69) is 17.4 Å². The second-order valence-electron chi connectivity index (χ2n) is 4.55. The third-order valence-electron chi connectivity index (χ3n) is 3.81. The van der Waals surface area contributed by atoms with E-state index in [1.165, 1.54) is 11.1 Å². The summed E-state index contributed by atoms with van der Waals surface area (Å²) in [6.07, 6.45) is 3.86. The van der Waals surface area contributed by atoms with Crippen LogP contribution >= 0.6 is 0 Å². The van der Waals surface area contributed by atoms with Crippen LogP contribution in [0.2, 0.25) is 0 Å². The van der Waals surface area contributed by atoms with Crippen molar-refractivity contribution >= 4 is 5.91 Å². The van der Waals surface area contributed by atoms with Crippen LogP contribution in [0.1, 0.15) is 23.5 Å². The average Bonchev–Trinajstić information content (AvgIpc) is 3.04. The highest BCUT2D eigenvalue weighted by molar-refractivity contribution is 5.85. The van der Waals surface area contributed by atoms with Crippen LogP contribution in [0.4, 0.5) is 0 Å². The summed E-state index contributed by atoms with van der Waals surface area (Å²) in [6, 6.07) is 8.33. The molecular formula is C13H12N2O. The second-order valence-corrected chi connectivity index (χ2v) is 4.55. The summed E-state index contributed by atoms with van der Waals surface area (Å²) in [5.74, 6) is 0.749. The van der Waals surface area contributed by atoms with E-state index in [9.17, 15) is 4.79 Å². The molecule has 1 saturated carbocycles. The predicted octanol–water partition coefficient (Wildman–Crippen LogP) is 1.56. The quantitative estimate of drug-likeness (QED) is 0.567. The molecule has 3 atom stereocenters. The number of hydrogen-bond donors (Lipinski definition) is 1. The van der Waals surface area contributed by atoms with E-state index in [0.29, 0.717) is 11.8 Å². The smallest absolute Gasteiger partial charge is 0.237 e. The zero-order valence-corrected chi connectivity index (χ0v) is 8.81. The first kappa shape index (κ1) is 9.41. The van der Waals surface area contributed by atoms with Gasteiger partial charge in [0.2, 0.25) is 5.91 Å². The molecule has 3 nitrogen and oxygen atoms in total. The number of amides is 1. The van der Waals surface area contributed by atoms with Gasteiger partial charge in [-0.1, -0.05) is 24.3 Å². The van der Waals surface area contributed by atoms with Gasteiger partial charge in [-0.25, -0.2) is 0 Å². The van der Waals surface area contributed by atoms with Gasteiger partial charge >= 0.3 is 0 Å². The lowest BCUT2D eigenvalue weighted by Crippen LogP contribution is -2.20. The van der Waals surface area contributed by atoms with Crippen LogP contribution in [-0.4, -0.2) is 5.91 Å². The zero-order chi connectivity index (χ0) is 11.1. The molecule has 16 heavy (non-hydrogen) atoms. The SMILES string of the molecule is N#CNC(=O)C1C2CCc3ccccc3C21. The highest BCUT2D eigenvalue weighted by Crippen LogP contribution is 2.59. The predicted molar refractivity (Wildman–Crippen MR) is 58.2 cm³/mol. The number of aryl methyl sites for hydroxylation is 1. The lowest BCUT2D eigenvalue weighted by atomic mass is 9.92. The van der Waals surface area contributed by atoms with Gasteiger partial charge in [-0.3, -0.25) is 10.1 Å². The van der Waals surface area contributed by atoms with E-state index >= 15 is 0 Å². The van der Waals surface area contributed by atoms with Crippen LogP contribution < -0.4 is 5.32 Å². The molecule has 0 saturated heterocycles. The minimum Gasteiger partial charge on any atom is -0.274 e. The molecule has 0 heterocycles. The topological polar surface area (TPSA) is 52.9 Å². The fourth-order valence-electron chi connectivity index (χ4n) is 3.06. The first-order valence-electron chi connectivity index (χ1n) is 5.59. The highest BCUT2D eigenvalue weighted by Gasteiger charge is 2.56. The molecule has 0 aromatic heterocycles. The fourth-order valence-corrected chi connectivity index (χ4v) is 3.06. The van der Waals surface area contributed by atoms with E-state index < -0.39 is 0 Å². The molecule has 0 radical (unpaired) electrons. The molecule has 1 amide bonds. The van der Waals surface area contributed by atoms with Gasteiger partial charge in [0, 0.05) is 5.92 Å². The monoisotopic (exact) mass is 212 g/mol. The lowest BCUT2D eigenvalue weighted by molar-refractivity contribution is -0.121. The van der Waals surface area contributed by atoms with E-state index in [4.69, 9.17) is 5.26 Å². The average molecular weight is 212 g/mol. The van der Waals surface area contributed by atoms with Gasteiger partial charge in [0.25, 0.3) is 0 Å². The summed E-state index contributed by atoms with van der Waals surface area (Å²) in [5.41, 5.74) is 2.69. The largest absolute Gasteiger partial charge is 0.274 e. The summed E-state index contributed by atoms with van der Waals surface area (Å²) in [7, 11) is 0. The van der Waals surface area contributed by atoms with Crippen molar-refractivity contribution in [2.24, 2.45) is 11.8 Å². The minimum atomic E-state index is -0.103. The number of nitriles is 1. The van der Waals surface area contributed by atoms with Crippen molar-refractivity contribution in [2.45, 2.75) is 18.8 Å². The van der Waals surface area contributed by atoms with Crippen LogP contribution in [-0.2, 0) is 11.2 Å². The molecular weight excluding hydrogens is 200 g/mol. The molecule has 80 valence electrons. The third-order valence-corrected chi connectivity index (χ3v) is 3.81. The lowest BCUT2D eigenvalue weighted by Gasteiger charge is -2.13. The van der Waals surface area contributed by atoms with E-state index in [-0.39, 0.29) is 11.8 Å². The first-order chi connectivity index (χ1) is 7.83. The summed E-state index contributed by atoms with van der Waals surface area (Å²) in [5, 5.41) is 10.7. The van der Waals surface area contributed by atoms with E-state index in [0.717, 1.165) is 12.8 Å². The van der Waals surface area contributed by atoms with Crippen molar-refractivity contribution < 1.29 is 4.79 Å². The van der Waals surface area contributed by atoms with Gasteiger partial charge in [0.1, 0.15) is 0 Å². The Morgan fingerprint density at radius 2 is 2.25 bits per heavy atom. The number of fused-ring (bicyclic) bond motifs is 3. The number of carbonyl (C=O) groups excluding carboxylic acids is 1. The fraction of sp³-hybridized carbons (Fsp3) is 0.385. The number of carbonyl (C=O) groups is 1. The maximum absolute atomic E-state index is 11.6. The van der Waals surface area contributed by atoms with Crippen molar-refractivity contribution in [3.8, 4) is 6.19 Å². The van der Waals surface area contributed by atoms with Gasteiger partial charge < -0.3 is 0 Å². The Balaban J connectivity index is 1.88. The zero-order valence-electron chi connectivity index (χ0n) is 8.81. The van der Waals surface area contributed by atoms with Crippen molar-refractivity contribution in [2.75, 3.05) is 0 Å². The van der Waals surface area contributed by atoms with Crippen LogP contribution in [0, 0.1) is 23.3 Å². The number of nitrogens with one attached hydrogen (secondary N) is 1. The van der Waals surface area contributed by atoms with Crippen LogP contribution in [0.25, 0.3) is 0 Å². The first-order valence-corrected chi connectivity index (χ1v) is 5.59. The van der Waals surface area contributed by atoms with Crippen molar-refractivity contribution in [1.29, 1.82) is 5.26 Å². The van der Waals surface area contributed by atoms with Gasteiger partial charge in [-0.15, -0.1) is 0 Å². The van der Waals surface area contributed by atoms with E-state index in [1.54, 1.807) is 6.19 Å². The molecule has 0 spiro atoms. The summed E-state index contributed by atoms with van der Waals surface area (Å²) in [4.78, 5) is 11.6. The number of benzene rings is 1. The Bertz CT molecular complexity index is 489. The number of rotatable bonds is 1. The molecule has 1 aromatic rings. The molecule has 1 N–H and O–H groups in total. The Kier molecular flexibility index (Phi) is 1.97. The van der Waals surface area contributed by atoms with Crippen molar-refractivity contribution in [1.82, 2.24) is 5.32 Å². The Morgan fingerprint density at radius 1 is 1.44 bits per heavy atom. The van der Waals surface area contributed by atoms with Crippen LogP contribution in [0.3, 0.4) is 0 Å². The van der Waals surface area contributed by atoms with Gasteiger partial charge in [-0.05, 0) is 35.8 Å². The Hall–Kier alpha value is -1.82. The molecule has 3 unspecified atom stereocenters. The highest BCUT2D eigenvalue weighted by atomic mass is 16.2. The normalized spacial score (nSPS) is 29.6. The van der Waals surface area contributed by atoms with Gasteiger partial charge in [0.05, 0.1) is 0 Å². The molecule has 3 heteroatoms. The minimum absolute atomic E-state index is 0.0308. The summed E-state index contributed by atoms with van der Waals surface area (Å²) >= 11 is 0. The standard InChI is InChI=1S/C13H12N2O/c14-7-15-13(16)12-10-6-5-8-3-1-2-4-9(8)11(10)12/h1-4,10-12H,5-6H2,(H,15,16). The molecule has 2 aliphatic carbocycles. The maximum atomic E-state index is 11.6.